The van der Waals surface area contributed by atoms with Gasteiger partial charge < -0.3 is 15.0 Å². The van der Waals surface area contributed by atoms with Gasteiger partial charge in [0.15, 0.2) is 0 Å². The highest BCUT2D eigenvalue weighted by Crippen LogP contribution is 2.22. The van der Waals surface area contributed by atoms with E-state index in [2.05, 4.69) is 4.98 Å². The van der Waals surface area contributed by atoms with Gasteiger partial charge in [0.05, 0.1) is 19.5 Å². The minimum absolute atomic E-state index is 0.175. The quantitative estimate of drug-likeness (QED) is 0.747. The topological polar surface area (TPSA) is 70.1 Å². The smallest absolute Gasteiger partial charge is 0.277 e. The molecular formula is C17H16ClN3O2. The van der Waals surface area contributed by atoms with Gasteiger partial charge in [-0.15, -0.1) is 11.6 Å². The number of pyridine rings is 2. The second kappa shape index (κ2) is 6.30. The first-order valence-corrected chi connectivity index (χ1v) is 7.63. The summed E-state index contributed by atoms with van der Waals surface area (Å²) in [7, 11) is 1.62. The first-order valence-electron chi connectivity index (χ1n) is 7.09. The summed E-state index contributed by atoms with van der Waals surface area (Å²) in [6.45, 7) is 0.456. The van der Waals surface area contributed by atoms with Crippen molar-refractivity contribution in [3.63, 3.8) is 0 Å². The maximum Gasteiger partial charge on any atom is 0.277 e. The van der Waals surface area contributed by atoms with Crippen LogP contribution in [0.1, 0.15) is 11.1 Å². The van der Waals surface area contributed by atoms with Crippen LogP contribution in [0.25, 0.3) is 10.9 Å². The lowest BCUT2D eigenvalue weighted by molar-refractivity contribution is 0.414. The number of halogens is 1. The van der Waals surface area contributed by atoms with E-state index < -0.39 is 0 Å². The molecule has 3 aromatic rings. The third-order valence-electron chi connectivity index (χ3n) is 3.78. The molecule has 2 aromatic heterocycles. The molecule has 2 heterocycles. The number of anilines is 1. The molecule has 0 radical (unpaired) electrons. The van der Waals surface area contributed by atoms with Crippen molar-refractivity contribution in [3.8, 4) is 5.75 Å². The monoisotopic (exact) mass is 329 g/mol. The molecule has 118 valence electrons. The van der Waals surface area contributed by atoms with Gasteiger partial charge in [-0.25, -0.2) is 4.98 Å². The van der Waals surface area contributed by atoms with Crippen LogP contribution in [0.4, 0.5) is 5.69 Å². The van der Waals surface area contributed by atoms with Gasteiger partial charge in [0.2, 0.25) is 0 Å². The normalized spacial score (nSPS) is 10.9. The highest BCUT2D eigenvalue weighted by molar-refractivity contribution is 6.17. The number of ether oxygens (including phenoxy) is 1. The number of aromatic nitrogens is 2. The maximum atomic E-state index is 12.6. The van der Waals surface area contributed by atoms with Crippen LogP contribution >= 0.6 is 11.6 Å². The van der Waals surface area contributed by atoms with Gasteiger partial charge in [0.1, 0.15) is 11.3 Å². The molecule has 5 nitrogen and oxygen atoms in total. The van der Waals surface area contributed by atoms with Crippen LogP contribution in [0, 0.1) is 0 Å². The second-order valence-corrected chi connectivity index (χ2v) is 5.46. The maximum absolute atomic E-state index is 12.6. The molecule has 0 amide bonds. The van der Waals surface area contributed by atoms with Crippen LogP contribution in [-0.4, -0.2) is 16.7 Å². The highest BCUT2D eigenvalue weighted by Gasteiger charge is 2.10. The third-order valence-corrected chi connectivity index (χ3v) is 4.07. The SMILES string of the molecule is COc1ccc(Cn2ccc3c(N)c(CCl)cnc3c2=O)cc1. The van der Waals surface area contributed by atoms with Crippen LogP contribution < -0.4 is 16.0 Å². The van der Waals surface area contributed by atoms with Gasteiger partial charge in [-0.1, -0.05) is 12.1 Å². The lowest BCUT2D eigenvalue weighted by Gasteiger charge is -2.10. The zero-order valence-electron chi connectivity index (χ0n) is 12.6. The molecule has 0 fully saturated rings. The Bertz CT molecular complexity index is 904. The Morgan fingerprint density at radius 1 is 1.26 bits per heavy atom. The van der Waals surface area contributed by atoms with E-state index in [1.54, 1.807) is 30.1 Å². The first kappa shape index (κ1) is 15.4. The Labute approximate surface area is 138 Å². The standard InChI is InChI=1S/C17H16ClN3O2/c1-23-13-4-2-11(3-5-13)10-21-7-6-14-15(19)12(8-18)9-20-16(14)17(21)22/h2-7,9H,8,10H2,1H3,(H2,19,20). The summed E-state index contributed by atoms with van der Waals surface area (Å²) in [4.78, 5) is 16.8. The molecule has 23 heavy (non-hydrogen) atoms. The van der Waals surface area contributed by atoms with Gasteiger partial charge in [-0.05, 0) is 23.8 Å². The fourth-order valence-corrected chi connectivity index (χ4v) is 2.66. The Morgan fingerprint density at radius 2 is 2.00 bits per heavy atom. The van der Waals surface area contributed by atoms with Crippen molar-refractivity contribution in [1.29, 1.82) is 0 Å². The predicted octanol–water partition coefficient (Wildman–Crippen LogP) is 2.77. The van der Waals surface area contributed by atoms with Crippen LogP contribution in [0.5, 0.6) is 5.75 Å². The van der Waals surface area contributed by atoms with Gasteiger partial charge in [-0.3, -0.25) is 4.79 Å². The first-order chi connectivity index (χ1) is 11.1. The fraction of sp³-hybridized carbons (Fsp3) is 0.176. The molecule has 0 spiro atoms. The summed E-state index contributed by atoms with van der Waals surface area (Å²) in [6, 6.07) is 9.38. The van der Waals surface area contributed by atoms with E-state index in [1.807, 2.05) is 24.3 Å². The number of fused-ring (bicyclic) bond motifs is 1. The summed E-state index contributed by atoms with van der Waals surface area (Å²) < 4.78 is 6.74. The Kier molecular flexibility index (Phi) is 4.21. The second-order valence-electron chi connectivity index (χ2n) is 5.19. The molecule has 0 saturated carbocycles. The molecule has 0 aliphatic rings. The van der Waals surface area contributed by atoms with Crippen molar-refractivity contribution in [2.75, 3.05) is 12.8 Å². The van der Waals surface area contributed by atoms with E-state index in [4.69, 9.17) is 22.1 Å². The van der Waals surface area contributed by atoms with Gasteiger partial charge in [0.25, 0.3) is 5.56 Å². The number of alkyl halides is 1. The van der Waals surface area contributed by atoms with Crippen molar-refractivity contribution in [2.45, 2.75) is 12.4 Å². The largest absolute Gasteiger partial charge is 0.497 e. The van der Waals surface area contributed by atoms with Crippen molar-refractivity contribution < 1.29 is 4.74 Å². The molecule has 6 heteroatoms. The van der Waals surface area contributed by atoms with E-state index in [0.29, 0.717) is 23.1 Å². The van der Waals surface area contributed by atoms with E-state index in [0.717, 1.165) is 16.9 Å². The summed E-state index contributed by atoms with van der Waals surface area (Å²) in [5, 5.41) is 0.638. The Hall–Kier alpha value is -2.53. The number of nitrogens with two attached hydrogens (primary N) is 1. The third kappa shape index (κ3) is 2.87. The lowest BCUT2D eigenvalue weighted by Crippen LogP contribution is -2.21. The summed E-state index contributed by atoms with van der Waals surface area (Å²) in [6.07, 6.45) is 3.29. The zero-order valence-corrected chi connectivity index (χ0v) is 13.4. The number of methoxy groups -OCH3 is 1. The van der Waals surface area contributed by atoms with E-state index >= 15 is 0 Å². The molecular weight excluding hydrogens is 314 g/mol. The molecule has 0 aliphatic heterocycles. The Morgan fingerprint density at radius 3 is 2.65 bits per heavy atom. The summed E-state index contributed by atoms with van der Waals surface area (Å²) in [5.74, 6) is 1.05. The van der Waals surface area contributed by atoms with Crippen molar-refractivity contribution in [2.24, 2.45) is 0 Å². The van der Waals surface area contributed by atoms with Crippen molar-refractivity contribution >= 4 is 28.2 Å². The summed E-state index contributed by atoms with van der Waals surface area (Å²) >= 11 is 5.82. The van der Waals surface area contributed by atoms with E-state index in [1.165, 1.54) is 0 Å². The molecule has 0 saturated heterocycles. The fourth-order valence-electron chi connectivity index (χ4n) is 2.45. The molecule has 0 bridgehead atoms. The predicted molar refractivity (Wildman–Crippen MR) is 92.1 cm³/mol. The van der Waals surface area contributed by atoms with Crippen LogP contribution in [0.3, 0.4) is 0 Å². The number of hydrogen-bond acceptors (Lipinski definition) is 4. The molecule has 0 aliphatic carbocycles. The van der Waals surface area contributed by atoms with Crippen LogP contribution in [0.15, 0.2) is 47.5 Å². The van der Waals surface area contributed by atoms with E-state index in [-0.39, 0.29) is 11.4 Å². The van der Waals surface area contributed by atoms with Gasteiger partial charge in [-0.2, -0.15) is 0 Å². The lowest BCUT2D eigenvalue weighted by atomic mass is 10.1. The van der Waals surface area contributed by atoms with E-state index in [9.17, 15) is 4.79 Å². The minimum Gasteiger partial charge on any atom is -0.497 e. The molecule has 0 unspecified atom stereocenters. The molecule has 2 N–H and O–H groups in total. The molecule has 0 atom stereocenters. The average Bonchev–Trinajstić information content (AvgIpc) is 2.58. The molecule has 3 rings (SSSR count). The minimum atomic E-state index is -0.175. The molecule has 1 aromatic carbocycles. The number of hydrogen-bond donors (Lipinski definition) is 1. The number of nitrogens with zero attached hydrogens (tertiary/aromatic N) is 2. The average molecular weight is 330 g/mol. The van der Waals surface area contributed by atoms with Crippen molar-refractivity contribution in [1.82, 2.24) is 9.55 Å². The van der Waals surface area contributed by atoms with Crippen molar-refractivity contribution in [3.05, 3.63) is 64.2 Å². The number of nitrogen functional groups attached to an aromatic ring is 1. The van der Waals surface area contributed by atoms with Crippen LogP contribution in [0.2, 0.25) is 0 Å². The Balaban J connectivity index is 2.02. The zero-order chi connectivity index (χ0) is 16.4. The van der Waals surface area contributed by atoms with Gasteiger partial charge >= 0.3 is 0 Å². The summed E-state index contributed by atoms with van der Waals surface area (Å²) in [5.41, 5.74) is 8.46. The van der Waals surface area contributed by atoms with Crippen LogP contribution in [-0.2, 0) is 12.4 Å². The number of rotatable bonds is 4. The number of benzene rings is 1. The van der Waals surface area contributed by atoms with Gasteiger partial charge in [0, 0.05) is 29.0 Å². The highest BCUT2D eigenvalue weighted by atomic mass is 35.5.